The van der Waals surface area contributed by atoms with Gasteiger partial charge in [0.1, 0.15) is 18.5 Å². The number of rotatable bonds is 13. The van der Waals surface area contributed by atoms with Crippen LogP contribution in [0.1, 0.15) is 19.8 Å². The van der Waals surface area contributed by atoms with Crippen molar-refractivity contribution in [3.63, 3.8) is 0 Å². The molecule has 2 aromatic carbocycles. The molecule has 1 heterocycles. The summed E-state index contributed by atoms with van der Waals surface area (Å²) in [6.45, 7) is 5.26. The molecule has 8 nitrogen and oxygen atoms in total. The van der Waals surface area contributed by atoms with E-state index in [1.807, 2.05) is 18.2 Å². The Morgan fingerprint density at radius 1 is 1.03 bits per heavy atom. The third-order valence-corrected chi connectivity index (χ3v) is 6.17. The maximum Gasteiger partial charge on any atom is 0.347 e. The molecule has 3 rings (SSSR count). The summed E-state index contributed by atoms with van der Waals surface area (Å²) in [6.07, 6.45) is 0.460. The molecule has 9 heteroatoms. The zero-order valence-corrected chi connectivity index (χ0v) is 20.3. The second-order valence-corrected chi connectivity index (χ2v) is 8.87. The van der Waals surface area contributed by atoms with Gasteiger partial charge < -0.3 is 24.1 Å². The summed E-state index contributed by atoms with van der Waals surface area (Å²) < 4.78 is 22.7. The van der Waals surface area contributed by atoms with Crippen molar-refractivity contribution >= 4 is 43.4 Å². The van der Waals surface area contributed by atoms with E-state index in [0.29, 0.717) is 36.0 Å². The minimum atomic E-state index is -0.983. The Bertz CT molecular complexity index is 1230. The summed E-state index contributed by atoms with van der Waals surface area (Å²) in [7, 11) is 0. The van der Waals surface area contributed by atoms with E-state index in [4.69, 9.17) is 18.9 Å². The first kappa shape index (κ1) is 26.3. The molecule has 0 aliphatic heterocycles. The molecular weight excluding hydrogens is 472 g/mol. The Labute approximate surface area is 206 Å². The number of carbonyl (C=O) groups excluding carboxylic acids is 2. The largest absolute Gasteiger partial charge is 0.479 e. The molecule has 2 unspecified atom stereocenters. The molecule has 0 radical (unpaired) electrons. The maximum absolute atomic E-state index is 12.8. The highest BCUT2D eigenvalue weighted by Crippen LogP contribution is 2.27. The summed E-state index contributed by atoms with van der Waals surface area (Å²) in [5, 5.41) is 11.1. The van der Waals surface area contributed by atoms with E-state index in [1.165, 1.54) is 18.3 Å². The van der Waals surface area contributed by atoms with E-state index >= 15 is 0 Å². The number of aliphatic hydroxyl groups excluding tert-OH is 1. The van der Waals surface area contributed by atoms with Gasteiger partial charge in [0, 0.05) is 32.9 Å². The lowest BCUT2D eigenvalue weighted by molar-refractivity contribution is -0.155. The van der Waals surface area contributed by atoms with Gasteiger partial charge >= 0.3 is 11.9 Å². The number of benzene rings is 2. The average molecular weight is 501 g/mol. The van der Waals surface area contributed by atoms with Crippen molar-refractivity contribution in [3.8, 4) is 5.75 Å². The molecule has 1 N–H and O–H groups in total. The number of aliphatic hydroxyl groups is 1. The number of fused-ring (bicyclic) bond motifs is 2. The molecule has 0 aliphatic carbocycles. The third-order valence-electron chi connectivity index (χ3n) is 5.01. The molecule has 0 spiro atoms. The van der Waals surface area contributed by atoms with Gasteiger partial charge in [0.2, 0.25) is 0 Å². The molecule has 0 saturated heterocycles. The van der Waals surface area contributed by atoms with E-state index in [-0.39, 0.29) is 25.2 Å². The summed E-state index contributed by atoms with van der Waals surface area (Å²) in [5.74, 6) is -0.729. The summed E-state index contributed by atoms with van der Waals surface area (Å²) in [5.41, 5.74) is -0.0871. The Balaban J connectivity index is 1.42. The van der Waals surface area contributed by atoms with Crippen LogP contribution >= 0.6 is 11.3 Å². The van der Waals surface area contributed by atoms with Crippen LogP contribution in [0.25, 0.3) is 20.2 Å². The second-order valence-electron chi connectivity index (χ2n) is 7.78. The van der Waals surface area contributed by atoms with Crippen LogP contribution in [0.5, 0.6) is 5.75 Å². The van der Waals surface area contributed by atoms with Crippen molar-refractivity contribution in [3.05, 3.63) is 65.3 Å². The minimum Gasteiger partial charge on any atom is -0.479 e. The topological polar surface area (TPSA) is 108 Å². The van der Waals surface area contributed by atoms with Crippen molar-refractivity contribution < 1.29 is 33.6 Å². The number of unbranched alkanes of at least 4 members (excludes halogenated alkanes) is 1. The SMILES string of the molecule is C=CC(=O)OCCCCOCC(O)COC(=O)C(C)Oc1ccc2sc3ccccc3c(=O)c2c1. The van der Waals surface area contributed by atoms with Gasteiger partial charge in [-0.1, -0.05) is 18.7 Å². The zero-order valence-electron chi connectivity index (χ0n) is 19.4. The zero-order chi connectivity index (χ0) is 25.2. The quantitative estimate of drug-likeness (QED) is 0.164. The van der Waals surface area contributed by atoms with Crippen LogP contribution in [0.15, 0.2) is 59.9 Å². The fourth-order valence-electron chi connectivity index (χ4n) is 3.21. The van der Waals surface area contributed by atoms with Crippen LogP contribution < -0.4 is 10.2 Å². The lowest BCUT2D eigenvalue weighted by Gasteiger charge is -2.16. The molecule has 2 atom stereocenters. The molecule has 0 amide bonds. The van der Waals surface area contributed by atoms with Crippen molar-refractivity contribution in [1.82, 2.24) is 0 Å². The van der Waals surface area contributed by atoms with Gasteiger partial charge in [-0.2, -0.15) is 0 Å². The van der Waals surface area contributed by atoms with E-state index in [0.717, 1.165) is 15.5 Å². The molecule has 35 heavy (non-hydrogen) atoms. The Morgan fingerprint density at radius 3 is 2.57 bits per heavy atom. The number of carbonyl (C=O) groups is 2. The van der Waals surface area contributed by atoms with Crippen LogP contribution in [0.4, 0.5) is 0 Å². The summed E-state index contributed by atoms with van der Waals surface area (Å²) in [6, 6.07) is 12.5. The molecule has 1 aromatic heterocycles. The van der Waals surface area contributed by atoms with Crippen molar-refractivity contribution in [2.24, 2.45) is 0 Å². The number of hydrogen-bond donors (Lipinski definition) is 1. The predicted molar refractivity (Wildman–Crippen MR) is 134 cm³/mol. The Morgan fingerprint density at radius 2 is 1.77 bits per heavy atom. The first-order chi connectivity index (χ1) is 16.9. The first-order valence-electron chi connectivity index (χ1n) is 11.2. The standard InChI is InChI=1S/C26H28O8S/c1-3-24(28)32-13-7-6-12-31-15-18(27)16-33-26(30)17(2)34-19-10-11-23-21(14-19)25(29)20-8-4-5-9-22(20)35-23/h3-5,8-11,14,17-18,27H,1,6-7,12-13,15-16H2,2H3. The van der Waals surface area contributed by atoms with Gasteiger partial charge in [-0.25, -0.2) is 9.59 Å². The monoisotopic (exact) mass is 500 g/mol. The van der Waals surface area contributed by atoms with Crippen LogP contribution in [-0.4, -0.2) is 55.7 Å². The smallest absolute Gasteiger partial charge is 0.347 e. The number of hydrogen-bond acceptors (Lipinski definition) is 9. The van der Waals surface area contributed by atoms with Crippen LogP contribution in [-0.2, 0) is 23.8 Å². The van der Waals surface area contributed by atoms with E-state index < -0.39 is 24.1 Å². The lowest BCUT2D eigenvalue weighted by atomic mass is 10.2. The minimum absolute atomic E-state index is 0.00103. The molecule has 0 saturated carbocycles. The molecule has 0 aliphatic rings. The fraction of sp³-hybridized carbons (Fsp3) is 0.346. The van der Waals surface area contributed by atoms with Gasteiger partial charge in [0.25, 0.3) is 0 Å². The molecule has 186 valence electrons. The highest BCUT2D eigenvalue weighted by molar-refractivity contribution is 7.24. The summed E-state index contributed by atoms with van der Waals surface area (Å²) in [4.78, 5) is 36.0. The number of esters is 2. The third kappa shape index (κ3) is 7.61. The molecule has 0 bridgehead atoms. The maximum atomic E-state index is 12.8. The lowest BCUT2D eigenvalue weighted by Crippen LogP contribution is -2.31. The van der Waals surface area contributed by atoms with Crippen LogP contribution in [0.2, 0.25) is 0 Å². The van der Waals surface area contributed by atoms with Crippen molar-refractivity contribution in [2.45, 2.75) is 32.0 Å². The van der Waals surface area contributed by atoms with E-state index in [2.05, 4.69) is 6.58 Å². The Hall–Kier alpha value is -3.27. The second kappa shape index (κ2) is 13.0. The average Bonchev–Trinajstić information content (AvgIpc) is 2.87. The molecule has 0 fully saturated rings. The van der Waals surface area contributed by atoms with Crippen LogP contribution in [0.3, 0.4) is 0 Å². The van der Waals surface area contributed by atoms with Gasteiger partial charge in [-0.15, -0.1) is 11.3 Å². The molecule has 3 aromatic rings. The van der Waals surface area contributed by atoms with E-state index in [9.17, 15) is 19.5 Å². The van der Waals surface area contributed by atoms with Gasteiger partial charge in [-0.05, 0) is 50.1 Å². The molecular formula is C26H28O8S. The highest BCUT2D eigenvalue weighted by Gasteiger charge is 2.19. The van der Waals surface area contributed by atoms with Crippen LogP contribution in [0, 0.1) is 0 Å². The predicted octanol–water partition coefficient (Wildman–Crippen LogP) is 3.61. The fourth-order valence-corrected chi connectivity index (χ4v) is 4.26. The van der Waals surface area contributed by atoms with Gasteiger partial charge in [0.05, 0.1) is 13.2 Å². The first-order valence-corrected chi connectivity index (χ1v) is 12.0. The Kier molecular flexibility index (Phi) is 9.77. The highest BCUT2D eigenvalue weighted by atomic mass is 32.1. The van der Waals surface area contributed by atoms with E-state index in [1.54, 1.807) is 24.3 Å². The van der Waals surface area contributed by atoms with Crippen molar-refractivity contribution in [2.75, 3.05) is 26.4 Å². The number of ether oxygens (including phenoxy) is 4. The normalized spacial score (nSPS) is 12.7. The van der Waals surface area contributed by atoms with Gasteiger partial charge in [-0.3, -0.25) is 4.79 Å². The summed E-state index contributed by atoms with van der Waals surface area (Å²) >= 11 is 1.51. The van der Waals surface area contributed by atoms with Gasteiger partial charge in [0.15, 0.2) is 11.5 Å². The van der Waals surface area contributed by atoms with Crippen molar-refractivity contribution in [1.29, 1.82) is 0 Å².